The monoisotopic (exact) mass is 384 g/mol. The minimum absolute atomic E-state index is 0.289. The number of ether oxygens (including phenoxy) is 1. The van der Waals surface area contributed by atoms with Crippen LogP contribution < -0.4 is 10.2 Å². The highest BCUT2D eigenvalue weighted by Crippen LogP contribution is 2.32. The summed E-state index contributed by atoms with van der Waals surface area (Å²) >= 11 is 6.41. The molecule has 1 heterocycles. The van der Waals surface area contributed by atoms with Gasteiger partial charge in [-0.25, -0.2) is 0 Å². The molecule has 0 aromatic heterocycles. The average molecular weight is 384 g/mol. The summed E-state index contributed by atoms with van der Waals surface area (Å²) in [5.74, 6) is -0.112. The standard InChI is InChI=1S/C19H16N2O3S2/c1-12-5-3-4-6-14(12)11-16-18(23)21(19(25)26-16)20-17(22)13-7-9-15(24-2)10-8-13/h3-11H,1-2H3,(H,20,22)/b16-11+. The summed E-state index contributed by atoms with van der Waals surface area (Å²) in [5, 5.41) is 1.11. The minimum atomic E-state index is -0.416. The van der Waals surface area contributed by atoms with Crippen molar-refractivity contribution in [2.24, 2.45) is 0 Å². The molecule has 2 amide bonds. The molecule has 1 aliphatic heterocycles. The highest BCUT2D eigenvalue weighted by atomic mass is 32.2. The largest absolute Gasteiger partial charge is 0.497 e. The van der Waals surface area contributed by atoms with E-state index in [0.29, 0.717) is 16.2 Å². The lowest BCUT2D eigenvalue weighted by molar-refractivity contribution is -0.123. The van der Waals surface area contributed by atoms with E-state index in [2.05, 4.69) is 5.43 Å². The minimum Gasteiger partial charge on any atom is -0.497 e. The van der Waals surface area contributed by atoms with Crippen molar-refractivity contribution in [3.05, 3.63) is 70.1 Å². The Morgan fingerprint density at radius 3 is 2.54 bits per heavy atom. The van der Waals surface area contributed by atoms with Gasteiger partial charge in [-0.3, -0.25) is 15.0 Å². The molecule has 0 bridgehead atoms. The van der Waals surface area contributed by atoms with Crippen molar-refractivity contribution >= 4 is 46.2 Å². The number of rotatable bonds is 4. The van der Waals surface area contributed by atoms with Crippen LogP contribution in [0, 0.1) is 6.92 Å². The summed E-state index contributed by atoms with van der Waals surface area (Å²) in [6.07, 6.45) is 1.79. The fourth-order valence-electron chi connectivity index (χ4n) is 2.36. The summed E-state index contributed by atoms with van der Waals surface area (Å²) in [5.41, 5.74) is 4.96. The Kier molecular flexibility index (Phi) is 5.39. The van der Waals surface area contributed by atoms with Crippen molar-refractivity contribution in [3.63, 3.8) is 0 Å². The molecule has 5 nitrogen and oxygen atoms in total. The number of nitrogens with one attached hydrogen (secondary N) is 1. The van der Waals surface area contributed by atoms with E-state index in [1.807, 2.05) is 31.2 Å². The van der Waals surface area contributed by atoms with Crippen LogP contribution in [-0.4, -0.2) is 28.3 Å². The SMILES string of the molecule is COc1ccc(C(=O)NN2C(=O)/C(=C\c3ccccc3C)SC2=S)cc1. The lowest BCUT2D eigenvalue weighted by Gasteiger charge is -2.15. The lowest BCUT2D eigenvalue weighted by atomic mass is 10.1. The van der Waals surface area contributed by atoms with E-state index >= 15 is 0 Å². The number of amides is 2. The maximum Gasteiger partial charge on any atom is 0.285 e. The highest BCUT2D eigenvalue weighted by molar-refractivity contribution is 8.26. The van der Waals surface area contributed by atoms with E-state index < -0.39 is 5.91 Å². The lowest BCUT2D eigenvalue weighted by Crippen LogP contribution is -2.44. The van der Waals surface area contributed by atoms with Crippen molar-refractivity contribution in [3.8, 4) is 5.75 Å². The molecule has 2 aromatic carbocycles. The topological polar surface area (TPSA) is 58.6 Å². The van der Waals surface area contributed by atoms with Gasteiger partial charge in [-0.15, -0.1) is 0 Å². The van der Waals surface area contributed by atoms with Crippen LogP contribution in [0.2, 0.25) is 0 Å². The first kappa shape index (κ1) is 18.2. The summed E-state index contributed by atoms with van der Waals surface area (Å²) in [4.78, 5) is 25.5. The molecule has 1 aliphatic rings. The van der Waals surface area contributed by atoms with E-state index in [4.69, 9.17) is 17.0 Å². The Balaban J connectivity index is 1.76. The number of hydrogen-bond donors (Lipinski definition) is 1. The van der Waals surface area contributed by atoms with Crippen LogP contribution in [-0.2, 0) is 4.79 Å². The first-order valence-electron chi connectivity index (χ1n) is 7.78. The third kappa shape index (κ3) is 3.79. The molecular formula is C19H16N2O3S2. The number of thiocarbonyl (C=S) groups is 1. The first-order chi connectivity index (χ1) is 12.5. The molecule has 7 heteroatoms. The maximum absolute atomic E-state index is 12.6. The number of aryl methyl sites for hydroxylation is 1. The van der Waals surface area contributed by atoms with Gasteiger partial charge in [0.15, 0.2) is 4.32 Å². The van der Waals surface area contributed by atoms with Gasteiger partial charge < -0.3 is 4.74 Å². The Morgan fingerprint density at radius 2 is 1.88 bits per heavy atom. The fraction of sp³-hybridized carbons (Fsp3) is 0.105. The van der Waals surface area contributed by atoms with Crippen molar-refractivity contribution < 1.29 is 14.3 Å². The van der Waals surface area contributed by atoms with Gasteiger partial charge in [-0.05, 0) is 60.6 Å². The number of methoxy groups -OCH3 is 1. The predicted octanol–water partition coefficient (Wildman–Crippen LogP) is 3.55. The second-order valence-electron chi connectivity index (χ2n) is 5.54. The van der Waals surface area contributed by atoms with Crippen molar-refractivity contribution in [1.82, 2.24) is 10.4 Å². The van der Waals surface area contributed by atoms with E-state index in [0.717, 1.165) is 27.9 Å². The molecule has 2 aromatic rings. The molecule has 132 valence electrons. The third-order valence-electron chi connectivity index (χ3n) is 3.83. The van der Waals surface area contributed by atoms with Gasteiger partial charge in [0.05, 0.1) is 12.0 Å². The quantitative estimate of drug-likeness (QED) is 0.645. The molecule has 0 saturated carbocycles. The molecule has 0 atom stereocenters. The predicted molar refractivity (Wildman–Crippen MR) is 107 cm³/mol. The Bertz CT molecular complexity index is 907. The maximum atomic E-state index is 12.6. The highest BCUT2D eigenvalue weighted by Gasteiger charge is 2.33. The molecule has 1 fully saturated rings. The average Bonchev–Trinajstić information content (AvgIpc) is 2.91. The second-order valence-corrected chi connectivity index (χ2v) is 7.22. The van der Waals surface area contributed by atoms with Crippen LogP contribution in [0.3, 0.4) is 0 Å². The number of nitrogens with zero attached hydrogens (tertiary/aromatic N) is 1. The van der Waals surface area contributed by atoms with Gasteiger partial charge in [-0.1, -0.05) is 36.0 Å². The van der Waals surface area contributed by atoms with Gasteiger partial charge in [0, 0.05) is 5.56 Å². The zero-order chi connectivity index (χ0) is 18.7. The number of benzene rings is 2. The smallest absolute Gasteiger partial charge is 0.285 e. The zero-order valence-electron chi connectivity index (χ0n) is 14.2. The molecule has 0 aliphatic carbocycles. The van der Waals surface area contributed by atoms with Crippen molar-refractivity contribution in [1.29, 1.82) is 0 Å². The molecule has 0 unspecified atom stereocenters. The van der Waals surface area contributed by atoms with Crippen molar-refractivity contribution in [2.45, 2.75) is 6.92 Å². The van der Waals surface area contributed by atoms with E-state index in [1.165, 1.54) is 0 Å². The Morgan fingerprint density at radius 1 is 1.19 bits per heavy atom. The molecule has 3 rings (SSSR count). The summed E-state index contributed by atoms with van der Waals surface area (Å²) in [6, 6.07) is 14.3. The zero-order valence-corrected chi connectivity index (χ0v) is 15.8. The normalized spacial score (nSPS) is 15.5. The number of hydrazine groups is 1. The fourth-order valence-corrected chi connectivity index (χ4v) is 3.53. The van der Waals surface area contributed by atoms with Gasteiger partial charge in [0.2, 0.25) is 0 Å². The van der Waals surface area contributed by atoms with E-state index in [9.17, 15) is 9.59 Å². The Labute approximate surface area is 161 Å². The van der Waals surface area contributed by atoms with Gasteiger partial charge in [0.1, 0.15) is 5.75 Å². The third-order valence-corrected chi connectivity index (χ3v) is 5.14. The number of carbonyl (C=O) groups excluding carboxylic acids is 2. The van der Waals surface area contributed by atoms with Gasteiger partial charge in [0.25, 0.3) is 11.8 Å². The molecule has 1 N–H and O–H groups in total. The van der Waals surface area contributed by atoms with Crippen LogP contribution in [0.4, 0.5) is 0 Å². The van der Waals surface area contributed by atoms with Crippen LogP contribution >= 0.6 is 24.0 Å². The van der Waals surface area contributed by atoms with Crippen molar-refractivity contribution in [2.75, 3.05) is 7.11 Å². The number of thioether (sulfide) groups is 1. The molecule has 26 heavy (non-hydrogen) atoms. The van der Waals surface area contributed by atoms with Crippen LogP contribution in [0.1, 0.15) is 21.5 Å². The Hall–Kier alpha value is -2.64. The van der Waals surface area contributed by atoms with E-state index in [1.54, 1.807) is 37.5 Å². The first-order valence-corrected chi connectivity index (χ1v) is 9.00. The molecule has 1 saturated heterocycles. The van der Waals surface area contributed by atoms with Gasteiger partial charge in [-0.2, -0.15) is 5.01 Å². The summed E-state index contributed by atoms with van der Waals surface area (Å²) < 4.78 is 5.36. The van der Waals surface area contributed by atoms with Gasteiger partial charge >= 0.3 is 0 Å². The number of carbonyl (C=O) groups is 2. The van der Waals surface area contributed by atoms with Crippen LogP contribution in [0.25, 0.3) is 6.08 Å². The number of hydrogen-bond acceptors (Lipinski definition) is 5. The second kappa shape index (κ2) is 7.72. The summed E-state index contributed by atoms with van der Waals surface area (Å²) in [6.45, 7) is 1.97. The molecule has 0 spiro atoms. The van der Waals surface area contributed by atoms with Crippen LogP contribution in [0.15, 0.2) is 53.4 Å². The molecule has 0 radical (unpaired) electrons. The summed E-state index contributed by atoms with van der Waals surface area (Å²) in [7, 11) is 1.55. The molecular weight excluding hydrogens is 368 g/mol. The van der Waals surface area contributed by atoms with Crippen LogP contribution in [0.5, 0.6) is 5.75 Å². The van der Waals surface area contributed by atoms with E-state index in [-0.39, 0.29) is 10.2 Å².